The Hall–Kier alpha value is -3.62. The minimum atomic E-state index is -0.397. The summed E-state index contributed by atoms with van der Waals surface area (Å²) in [5.41, 5.74) is 0.130. The van der Waals surface area contributed by atoms with Gasteiger partial charge in [0.05, 0.1) is 12.5 Å². The van der Waals surface area contributed by atoms with Crippen LogP contribution in [0.1, 0.15) is 6.42 Å². The van der Waals surface area contributed by atoms with Gasteiger partial charge in [-0.2, -0.15) is 5.10 Å². The van der Waals surface area contributed by atoms with Gasteiger partial charge >= 0.3 is 5.69 Å². The molecular weight excluding hydrogens is 360 g/mol. The summed E-state index contributed by atoms with van der Waals surface area (Å²) in [5, 5.41) is 11.5. The fourth-order valence-electron chi connectivity index (χ4n) is 3.47. The van der Waals surface area contributed by atoms with Crippen LogP contribution in [0.3, 0.4) is 0 Å². The molecule has 3 aromatic rings. The normalized spacial score (nSPS) is 16.3. The number of fused-ring (bicyclic) bond motifs is 1. The van der Waals surface area contributed by atoms with E-state index in [0.717, 1.165) is 17.2 Å². The third kappa shape index (κ3) is 3.22. The molecule has 1 fully saturated rings. The van der Waals surface area contributed by atoms with E-state index in [-0.39, 0.29) is 11.9 Å². The van der Waals surface area contributed by atoms with Crippen molar-refractivity contribution in [2.45, 2.75) is 12.5 Å². The van der Waals surface area contributed by atoms with Crippen LogP contribution < -0.4 is 15.7 Å². The Bertz CT molecular complexity index is 1100. The molecule has 3 heterocycles. The van der Waals surface area contributed by atoms with E-state index in [4.69, 9.17) is 4.74 Å². The average molecular weight is 380 g/mol. The molecule has 3 N–H and O–H groups in total. The lowest BCUT2D eigenvalue weighted by molar-refractivity contribution is -0.125. The zero-order valence-electron chi connectivity index (χ0n) is 15.4. The van der Waals surface area contributed by atoms with E-state index in [0.29, 0.717) is 36.2 Å². The maximum absolute atomic E-state index is 11.9. The number of aromatic nitrogens is 4. The molecule has 1 saturated heterocycles. The molecule has 1 aliphatic rings. The van der Waals surface area contributed by atoms with Crippen molar-refractivity contribution in [2.24, 2.45) is 0 Å². The molecule has 4 rings (SSSR count). The lowest BCUT2D eigenvalue weighted by atomic mass is 10.1. The monoisotopic (exact) mass is 380 g/mol. The molecule has 9 heteroatoms. The third-order valence-electron chi connectivity index (χ3n) is 4.80. The molecule has 9 nitrogen and oxygen atoms in total. The van der Waals surface area contributed by atoms with Crippen molar-refractivity contribution in [2.75, 3.05) is 25.5 Å². The van der Waals surface area contributed by atoms with E-state index in [1.807, 2.05) is 24.3 Å². The highest BCUT2D eigenvalue weighted by Crippen LogP contribution is 2.34. The van der Waals surface area contributed by atoms with Gasteiger partial charge in [-0.25, -0.2) is 14.9 Å². The first-order chi connectivity index (χ1) is 13.6. The first-order valence-electron chi connectivity index (χ1n) is 8.89. The van der Waals surface area contributed by atoms with Crippen LogP contribution in [-0.4, -0.2) is 57.2 Å². The number of pyridine rings is 1. The summed E-state index contributed by atoms with van der Waals surface area (Å²) in [5.74, 6) is 1.58. The molecule has 144 valence electrons. The smallest absolute Gasteiger partial charge is 0.340 e. The van der Waals surface area contributed by atoms with Gasteiger partial charge < -0.3 is 15.0 Å². The summed E-state index contributed by atoms with van der Waals surface area (Å²) in [6, 6.07) is 7.59. The van der Waals surface area contributed by atoms with Crippen LogP contribution in [0.25, 0.3) is 22.3 Å². The van der Waals surface area contributed by atoms with Crippen LogP contribution in [0.5, 0.6) is 5.75 Å². The van der Waals surface area contributed by atoms with Crippen molar-refractivity contribution in [1.29, 1.82) is 0 Å². The molecule has 1 aromatic carbocycles. The van der Waals surface area contributed by atoms with Crippen LogP contribution in [0, 0.1) is 0 Å². The number of likely N-dealkylation sites (tertiary alicyclic amines) is 1. The molecule has 1 amide bonds. The van der Waals surface area contributed by atoms with Crippen molar-refractivity contribution in [3.8, 4) is 17.3 Å². The summed E-state index contributed by atoms with van der Waals surface area (Å²) in [6.45, 7) is 4.76. The maximum Gasteiger partial charge on any atom is 0.340 e. The molecule has 0 bridgehead atoms. The highest BCUT2D eigenvalue weighted by Gasteiger charge is 2.26. The Labute approximate surface area is 160 Å². The van der Waals surface area contributed by atoms with E-state index in [2.05, 4.69) is 32.1 Å². The molecule has 28 heavy (non-hydrogen) atoms. The number of H-pyrrole nitrogens is 2. The predicted molar refractivity (Wildman–Crippen MR) is 105 cm³/mol. The number of hydrogen-bond donors (Lipinski definition) is 3. The van der Waals surface area contributed by atoms with Gasteiger partial charge in [-0.05, 0) is 30.0 Å². The van der Waals surface area contributed by atoms with Gasteiger partial charge in [0.2, 0.25) is 5.91 Å². The second kappa shape index (κ2) is 7.18. The van der Waals surface area contributed by atoms with Crippen molar-refractivity contribution in [1.82, 2.24) is 25.1 Å². The zero-order chi connectivity index (χ0) is 19.7. The molecule has 1 aliphatic heterocycles. The fourth-order valence-corrected chi connectivity index (χ4v) is 3.47. The molecule has 0 saturated carbocycles. The van der Waals surface area contributed by atoms with Gasteiger partial charge in [-0.3, -0.25) is 9.78 Å². The summed E-state index contributed by atoms with van der Waals surface area (Å²) >= 11 is 0. The van der Waals surface area contributed by atoms with Crippen LogP contribution in [0.2, 0.25) is 0 Å². The number of nitrogens with zero attached hydrogens (tertiary/aromatic N) is 3. The topological polar surface area (TPSA) is 116 Å². The Morgan fingerprint density at radius 3 is 3.04 bits per heavy atom. The Morgan fingerprint density at radius 2 is 2.32 bits per heavy atom. The van der Waals surface area contributed by atoms with Crippen molar-refractivity contribution < 1.29 is 9.53 Å². The number of ether oxygens (including phenoxy) is 1. The SMILES string of the molecule is C=CC(=O)N1CC[C@H](Nc2nc(-c3n[nH]c(=O)[nH]3)cc3cccc(OC)c23)C1. The van der Waals surface area contributed by atoms with Gasteiger partial charge in [0, 0.05) is 19.1 Å². The predicted octanol–water partition coefficient (Wildman–Crippen LogP) is 1.52. The van der Waals surface area contributed by atoms with E-state index in [1.54, 1.807) is 12.0 Å². The van der Waals surface area contributed by atoms with E-state index in [9.17, 15) is 9.59 Å². The molecule has 0 radical (unpaired) electrons. The van der Waals surface area contributed by atoms with Gasteiger partial charge in [-0.1, -0.05) is 18.7 Å². The zero-order valence-corrected chi connectivity index (χ0v) is 15.4. The molecule has 0 unspecified atom stereocenters. The summed E-state index contributed by atoms with van der Waals surface area (Å²) in [7, 11) is 1.61. The van der Waals surface area contributed by atoms with Gasteiger partial charge in [0.15, 0.2) is 5.82 Å². The van der Waals surface area contributed by atoms with E-state index >= 15 is 0 Å². The summed E-state index contributed by atoms with van der Waals surface area (Å²) in [6.07, 6.45) is 2.12. The van der Waals surface area contributed by atoms with Crippen molar-refractivity contribution in [3.05, 3.63) is 47.4 Å². The standard InChI is InChI=1S/C19H20N6O3/c1-3-15(26)25-8-7-12(10-25)20-18-16-11(5-4-6-14(16)28-2)9-13(21-18)17-22-19(27)24-23-17/h3-6,9,12H,1,7-8,10H2,2H3,(H,20,21)(H2,22,23,24,27)/t12-/m0/s1. The fraction of sp³-hybridized carbons (Fsp3) is 0.263. The first-order valence-corrected chi connectivity index (χ1v) is 8.89. The second-order valence-electron chi connectivity index (χ2n) is 6.56. The first kappa shape index (κ1) is 17.8. The second-order valence-corrected chi connectivity index (χ2v) is 6.56. The largest absolute Gasteiger partial charge is 0.496 e. The Morgan fingerprint density at radius 1 is 1.46 bits per heavy atom. The number of methoxy groups -OCH3 is 1. The number of carbonyl (C=O) groups is 1. The number of nitrogens with one attached hydrogen (secondary N) is 3. The molecule has 1 atom stereocenters. The lowest BCUT2D eigenvalue weighted by Crippen LogP contribution is -2.30. The molecular formula is C19H20N6O3. The number of hydrogen-bond acceptors (Lipinski definition) is 6. The molecule has 0 spiro atoms. The number of benzene rings is 1. The van der Waals surface area contributed by atoms with Crippen LogP contribution in [0.4, 0.5) is 5.82 Å². The quantitative estimate of drug-likeness (QED) is 0.578. The van der Waals surface area contributed by atoms with Crippen molar-refractivity contribution in [3.63, 3.8) is 0 Å². The molecule has 0 aliphatic carbocycles. The van der Waals surface area contributed by atoms with Crippen LogP contribution >= 0.6 is 0 Å². The molecule has 2 aromatic heterocycles. The summed E-state index contributed by atoms with van der Waals surface area (Å²) < 4.78 is 5.52. The van der Waals surface area contributed by atoms with Gasteiger partial charge in [-0.15, -0.1) is 0 Å². The Balaban J connectivity index is 1.75. The van der Waals surface area contributed by atoms with Crippen LogP contribution in [0.15, 0.2) is 41.7 Å². The maximum atomic E-state index is 11.9. The summed E-state index contributed by atoms with van der Waals surface area (Å²) in [4.78, 5) is 32.4. The number of amides is 1. The minimum absolute atomic E-state index is 0.0398. The number of carbonyl (C=O) groups excluding carboxylic acids is 1. The number of aromatic amines is 2. The van der Waals surface area contributed by atoms with Crippen LogP contribution in [-0.2, 0) is 4.79 Å². The number of rotatable bonds is 5. The van der Waals surface area contributed by atoms with Gasteiger partial charge in [0.1, 0.15) is 17.3 Å². The van der Waals surface area contributed by atoms with E-state index in [1.165, 1.54) is 6.08 Å². The average Bonchev–Trinajstić information content (AvgIpc) is 3.35. The third-order valence-corrected chi connectivity index (χ3v) is 4.80. The van der Waals surface area contributed by atoms with E-state index < -0.39 is 5.69 Å². The lowest BCUT2D eigenvalue weighted by Gasteiger charge is -2.18. The van der Waals surface area contributed by atoms with Crippen molar-refractivity contribution >= 4 is 22.5 Å². The highest BCUT2D eigenvalue weighted by atomic mass is 16.5. The Kier molecular flexibility index (Phi) is 4.56. The minimum Gasteiger partial charge on any atom is -0.496 e. The number of anilines is 1. The highest BCUT2D eigenvalue weighted by molar-refractivity contribution is 5.99. The van der Waals surface area contributed by atoms with Gasteiger partial charge in [0.25, 0.3) is 0 Å².